The number of halogens is 3. The van der Waals surface area contributed by atoms with E-state index in [9.17, 15) is 12.8 Å². The number of hydrogen-bond acceptors (Lipinski definition) is 4. The van der Waals surface area contributed by atoms with Crippen LogP contribution in [-0.2, 0) is 10.0 Å². The van der Waals surface area contributed by atoms with Crippen LogP contribution >= 0.6 is 23.2 Å². The summed E-state index contributed by atoms with van der Waals surface area (Å²) < 4.78 is 46.6. The Hall–Kier alpha value is -1.89. The zero-order valence-electron chi connectivity index (χ0n) is 15.5. The number of sulfonamides is 1. The fraction of sp³-hybridized carbons (Fsp3) is 0.316. The van der Waals surface area contributed by atoms with Crippen LogP contribution in [0.15, 0.2) is 41.3 Å². The van der Waals surface area contributed by atoms with Gasteiger partial charge in [0.1, 0.15) is 16.5 Å². The molecule has 6 nitrogen and oxygen atoms in total. The Bertz CT molecular complexity index is 1070. The lowest BCUT2D eigenvalue weighted by Crippen LogP contribution is -2.64. The van der Waals surface area contributed by atoms with Gasteiger partial charge in [-0.25, -0.2) is 17.7 Å². The van der Waals surface area contributed by atoms with Crippen molar-refractivity contribution in [1.29, 1.82) is 0 Å². The maximum absolute atomic E-state index is 13.8. The van der Waals surface area contributed by atoms with Crippen molar-refractivity contribution in [3.63, 3.8) is 0 Å². The quantitative estimate of drug-likeness (QED) is 0.638. The maximum Gasteiger partial charge on any atom is 0.244 e. The summed E-state index contributed by atoms with van der Waals surface area (Å²) in [5, 5.41) is 3.47. The Balaban J connectivity index is 1.72. The Labute approximate surface area is 179 Å². The molecule has 29 heavy (non-hydrogen) atoms. The molecule has 10 heteroatoms. The Morgan fingerprint density at radius 2 is 2.00 bits per heavy atom. The molecule has 0 aromatic heterocycles. The van der Waals surface area contributed by atoms with Gasteiger partial charge in [0.05, 0.1) is 18.2 Å². The zero-order valence-corrected chi connectivity index (χ0v) is 17.8. The number of rotatable bonds is 7. The van der Waals surface area contributed by atoms with Crippen molar-refractivity contribution >= 4 is 38.9 Å². The van der Waals surface area contributed by atoms with E-state index in [1.165, 1.54) is 34.6 Å². The van der Waals surface area contributed by atoms with Crippen LogP contribution in [0.2, 0.25) is 10.0 Å². The summed E-state index contributed by atoms with van der Waals surface area (Å²) in [4.78, 5) is 3.07. The molecule has 0 atom stereocenters. The lowest BCUT2D eigenvalue weighted by molar-refractivity contribution is 0.0209. The van der Waals surface area contributed by atoms with E-state index in [2.05, 4.69) is 10.2 Å². The first-order chi connectivity index (χ1) is 13.7. The van der Waals surface area contributed by atoms with E-state index in [4.69, 9.17) is 34.5 Å². The molecule has 0 radical (unpaired) electrons. The van der Waals surface area contributed by atoms with Gasteiger partial charge in [0.15, 0.2) is 0 Å². The smallest absolute Gasteiger partial charge is 0.244 e. The second-order valence-corrected chi connectivity index (χ2v) is 9.64. The van der Waals surface area contributed by atoms with Crippen LogP contribution in [-0.4, -0.2) is 46.0 Å². The number of benzene rings is 2. The normalized spacial score (nSPS) is 16.1. The molecule has 1 aliphatic rings. The highest BCUT2D eigenvalue weighted by molar-refractivity contribution is 7.89. The molecule has 0 bridgehead atoms. The van der Waals surface area contributed by atoms with Gasteiger partial charge in [-0.1, -0.05) is 23.2 Å². The first kappa shape index (κ1) is 21.8. The van der Waals surface area contributed by atoms with Gasteiger partial charge in [-0.3, -0.25) is 0 Å². The highest BCUT2D eigenvalue weighted by atomic mass is 35.5. The molecule has 0 amide bonds. The summed E-state index contributed by atoms with van der Waals surface area (Å²) in [6, 6.07) is 8.27. The second-order valence-electron chi connectivity index (χ2n) is 6.89. The highest BCUT2D eigenvalue weighted by Crippen LogP contribution is 2.37. The maximum atomic E-state index is 13.8. The van der Waals surface area contributed by atoms with Crippen LogP contribution in [0.1, 0.15) is 0 Å². The molecule has 2 aromatic rings. The van der Waals surface area contributed by atoms with Gasteiger partial charge in [0, 0.05) is 36.1 Å². The molecule has 154 valence electrons. The van der Waals surface area contributed by atoms with Crippen LogP contribution in [0.5, 0.6) is 5.75 Å². The molecule has 0 aliphatic carbocycles. The van der Waals surface area contributed by atoms with Gasteiger partial charge >= 0.3 is 0 Å². The third-order valence-electron chi connectivity index (χ3n) is 4.67. The van der Waals surface area contributed by atoms with E-state index in [-0.39, 0.29) is 41.1 Å². The molecule has 1 aliphatic heterocycles. The van der Waals surface area contributed by atoms with Gasteiger partial charge in [-0.15, -0.1) is 0 Å². The molecule has 0 spiro atoms. The minimum atomic E-state index is -3.77. The second kappa shape index (κ2) is 8.46. The SMILES string of the molecule is [C-]#[N+]c1ccc(OCC2(CNC)CN(S(=O)(=O)c3ccc(Cl)cc3Cl)C2)cc1F. The van der Waals surface area contributed by atoms with Crippen molar-refractivity contribution in [2.75, 3.05) is 33.3 Å². The minimum absolute atomic E-state index is 0.000605. The average Bonchev–Trinajstić information content (AvgIpc) is 2.63. The Kier molecular flexibility index (Phi) is 6.36. The summed E-state index contributed by atoms with van der Waals surface area (Å²) in [7, 11) is -2.01. The minimum Gasteiger partial charge on any atom is -0.493 e. The van der Waals surface area contributed by atoms with Crippen LogP contribution < -0.4 is 10.1 Å². The predicted molar refractivity (Wildman–Crippen MR) is 110 cm³/mol. The van der Waals surface area contributed by atoms with Crippen LogP contribution in [0.25, 0.3) is 4.85 Å². The number of nitrogens with zero attached hydrogens (tertiary/aromatic N) is 2. The largest absolute Gasteiger partial charge is 0.493 e. The van der Waals surface area contributed by atoms with Crippen molar-refractivity contribution < 1.29 is 17.5 Å². The number of nitrogens with one attached hydrogen (secondary N) is 1. The van der Waals surface area contributed by atoms with Crippen molar-refractivity contribution in [3.8, 4) is 5.75 Å². The molecule has 1 N–H and O–H groups in total. The summed E-state index contributed by atoms with van der Waals surface area (Å²) in [5.41, 5.74) is -0.557. The van der Waals surface area contributed by atoms with E-state index >= 15 is 0 Å². The van der Waals surface area contributed by atoms with Crippen molar-refractivity contribution in [2.24, 2.45) is 5.41 Å². The van der Waals surface area contributed by atoms with Crippen LogP contribution in [0.4, 0.5) is 10.1 Å². The fourth-order valence-corrected chi connectivity index (χ4v) is 5.64. The predicted octanol–water partition coefficient (Wildman–Crippen LogP) is 3.97. The van der Waals surface area contributed by atoms with Gasteiger partial charge in [-0.2, -0.15) is 4.31 Å². The summed E-state index contributed by atoms with van der Waals surface area (Å²) >= 11 is 11.9. The zero-order chi connectivity index (χ0) is 21.2. The van der Waals surface area contributed by atoms with Crippen molar-refractivity contribution in [1.82, 2.24) is 9.62 Å². The van der Waals surface area contributed by atoms with E-state index in [1.54, 1.807) is 7.05 Å². The number of ether oxygens (including phenoxy) is 1. The third-order valence-corrected chi connectivity index (χ3v) is 7.18. The average molecular weight is 458 g/mol. The van der Waals surface area contributed by atoms with E-state index < -0.39 is 21.3 Å². The molecule has 2 aromatic carbocycles. The van der Waals surface area contributed by atoms with Gasteiger partial charge in [-0.05, 0) is 37.4 Å². The molecule has 0 saturated carbocycles. The van der Waals surface area contributed by atoms with Gasteiger partial charge in [0.25, 0.3) is 0 Å². The summed E-state index contributed by atoms with van der Waals surface area (Å²) in [5.74, 6) is -0.372. The van der Waals surface area contributed by atoms with E-state index in [0.717, 1.165) is 6.07 Å². The first-order valence-electron chi connectivity index (χ1n) is 8.60. The van der Waals surface area contributed by atoms with Crippen LogP contribution in [0.3, 0.4) is 0 Å². The fourth-order valence-electron chi connectivity index (χ4n) is 3.23. The number of hydrogen-bond donors (Lipinski definition) is 1. The first-order valence-corrected chi connectivity index (χ1v) is 10.8. The monoisotopic (exact) mass is 457 g/mol. The molecule has 1 saturated heterocycles. The van der Waals surface area contributed by atoms with Crippen LogP contribution in [0, 0.1) is 17.8 Å². The van der Waals surface area contributed by atoms with Gasteiger partial charge < -0.3 is 10.1 Å². The molecule has 1 heterocycles. The standard InChI is InChI=1S/C19H18Cl2FN3O3S/c1-23-9-19(12-28-14-4-5-17(24-2)16(22)8-14)10-25(11-19)29(26,27)18-6-3-13(20)7-15(18)21/h3-8,23H,9-12H2,1H3. The summed E-state index contributed by atoms with van der Waals surface area (Å²) in [6.45, 7) is 8.02. The molecular weight excluding hydrogens is 440 g/mol. The Morgan fingerprint density at radius 1 is 1.28 bits per heavy atom. The highest BCUT2D eigenvalue weighted by Gasteiger charge is 2.49. The molecule has 0 unspecified atom stereocenters. The van der Waals surface area contributed by atoms with Crippen molar-refractivity contribution in [3.05, 3.63) is 63.7 Å². The lowest BCUT2D eigenvalue weighted by Gasteiger charge is -2.48. The third kappa shape index (κ3) is 4.49. The van der Waals surface area contributed by atoms with E-state index in [0.29, 0.717) is 11.6 Å². The Morgan fingerprint density at radius 3 is 2.59 bits per heavy atom. The summed E-state index contributed by atoms with van der Waals surface area (Å²) in [6.07, 6.45) is 0. The topological polar surface area (TPSA) is 63.0 Å². The van der Waals surface area contributed by atoms with Crippen molar-refractivity contribution in [2.45, 2.75) is 4.90 Å². The van der Waals surface area contributed by atoms with Gasteiger partial charge in [0.2, 0.25) is 15.7 Å². The molecule has 1 fully saturated rings. The van der Waals surface area contributed by atoms with E-state index in [1.807, 2.05) is 0 Å². The molecular formula is C19H18Cl2FN3O3S. The lowest BCUT2D eigenvalue weighted by atomic mass is 9.82. The molecule has 3 rings (SSSR count).